The van der Waals surface area contributed by atoms with E-state index in [9.17, 15) is 4.39 Å². The number of pyridine rings is 1. The van der Waals surface area contributed by atoms with E-state index in [1.807, 2.05) is 23.1 Å². The molecule has 1 aromatic carbocycles. The van der Waals surface area contributed by atoms with Gasteiger partial charge in [-0.05, 0) is 63.2 Å². The molecular formula is C24H25ClFN5. The van der Waals surface area contributed by atoms with Gasteiger partial charge in [0, 0.05) is 40.2 Å². The van der Waals surface area contributed by atoms with Crippen molar-refractivity contribution in [3.8, 4) is 22.3 Å². The van der Waals surface area contributed by atoms with Gasteiger partial charge in [-0.1, -0.05) is 30.7 Å². The monoisotopic (exact) mass is 437 g/mol. The van der Waals surface area contributed by atoms with Crippen LogP contribution in [-0.2, 0) is 6.42 Å². The van der Waals surface area contributed by atoms with Gasteiger partial charge in [0.05, 0.1) is 6.04 Å². The number of nitrogens with zero attached hydrogens (tertiary/aromatic N) is 4. The molecular weight excluding hydrogens is 413 g/mol. The van der Waals surface area contributed by atoms with Crippen molar-refractivity contribution in [1.29, 1.82) is 0 Å². The Hall–Kier alpha value is -2.70. The zero-order valence-electron chi connectivity index (χ0n) is 17.7. The number of halogens is 2. The van der Waals surface area contributed by atoms with Gasteiger partial charge in [0.2, 0.25) is 0 Å². The third-order valence-electron chi connectivity index (χ3n) is 6.26. The molecule has 1 aliphatic rings. The molecule has 1 N–H and O–H groups in total. The maximum Gasteiger partial charge on any atom is 0.158 e. The first-order chi connectivity index (χ1) is 15.0. The van der Waals surface area contributed by atoms with Crippen LogP contribution in [0.25, 0.3) is 33.3 Å². The molecule has 0 bridgehead atoms. The molecule has 0 atom stereocenters. The third kappa shape index (κ3) is 3.75. The molecule has 3 aromatic heterocycles. The Morgan fingerprint density at radius 2 is 2.00 bits per heavy atom. The van der Waals surface area contributed by atoms with Crippen molar-refractivity contribution >= 4 is 22.6 Å². The van der Waals surface area contributed by atoms with E-state index < -0.39 is 0 Å². The SMILES string of the molecule is CCc1[nH]c2ncc(-c3cn(C4CCN(C)CC4)nc3Cl)cc2c1-c1cccc(F)c1. The zero-order chi connectivity index (χ0) is 21.5. The van der Waals surface area contributed by atoms with E-state index in [1.165, 1.54) is 6.07 Å². The highest BCUT2D eigenvalue weighted by Gasteiger charge is 2.22. The summed E-state index contributed by atoms with van der Waals surface area (Å²) in [7, 11) is 2.15. The van der Waals surface area contributed by atoms with Crippen molar-refractivity contribution in [3.63, 3.8) is 0 Å². The molecule has 0 radical (unpaired) electrons. The summed E-state index contributed by atoms with van der Waals surface area (Å²) in [6.07, 6.45) is 6.79. The molecule has 1 aliphatic heterocycles. The van der Waals surface area contributed by atoms with E-state index in [1.54, 1.807) is 12.1 Å². The summed E-state index contributed by atoms with van der Waals surface area (Å²) >= 11 is 6.56. The quantitative estimate of drug-likeness (QED) is 0.444. The van der Waals surface area contributed by atoms with Gasteiger partial charge >= 0.3 is 0 Å². The maximum atomic E-state index is 13.9. The molecule has 4 aromatic rings. The minimum Gasteiger partial charge on any atom is -0.343 e. The summed E-state index contributed by atoms with van der Waals surface area (Å²) in [6.45, 7) is 4.20. The van der Waals surface area contributed by atoms with Crippen molar-refractivity contribution in [1.82, 2.24) is 24.6 Å². The minimum atomic E-state index is -0.250. The number of nitrogens with one attached hydrogen (secondary N) is 1. The van der Waals surface area contributed by atoms with Gasteiger partial charge in [0.15, 0.2) is 5.15 Å². The van der Waals surface area contributed by atoms with E-state index >= 15 is 0 Å². The van der Waals surface area contributed by atoms with E-state index in [0.717, 1.165) is 71.3 Å². The Labute approximate surface area is 185 Å². The van der Waals surface area contributed by atoms with Crippen LogP contribution >= 0.6 is 11.6 Å². The fraction of sp³-hybridized carbons (Fsp3) is 0.333. The number of H-pyrrole nitrogens is 1. The molecule has 0 unspecified atom stereocenters. The van der Waals surface area contributed by atoms with Crippen LogP contribution in [0.4, 0.5) is 4.39 Å². The van der Waals surface area contributed by atoms with E-state index in [0.29, 0.717) is 11.2 Å². The second-order valence-corrected chi connectivity index (χ2v) is 8.67. The number of rotatable bonds is 4. The number of aromatic nitrogens is 4. The molecule has 7 heteroatoms. The van der Waals surface area contributed by atoms with Crippen LogP contribution in [0.2, 0.25) is 5.15 Å². The lowest BCUT2D eigenvalue weighted by Gasteiger charge is -2.28. The average Bonchev–Trinajstić information content (AvgIpc) is 3.34. The fourth-order valence-corrected chi connectivity index (χ4v) is 4.76. The summed E-state index contributed by atoms with van der Waals surface area (Å²) in [5.41, 5.74) is 5.45. The summed E-state index contributed by atoms with van der Waals surface area (Å²) in [5, 5.41) is 6.05. The second kappa shape index (κ2) is 8.09. The van der Waals surface area contributed by atoms with Crippen LogP contribution in [0.3, 0.4) is 0 Å². The first-order valence-electron chi connectivity index (χ1n) is 10.7. The van der Waals surface area contributed by atoms with Crippen LogP contribution in [0.1, 0.15) is 31.5 Å². The number of hydrogen-bond acceptors (Lipinski definition) is 3. The lowest BCUT2D eigenvalue weighted by atomic mass is 10.00. The van der Waals surface area contributed by atoms with Crippen molar-refractivity contribution in [2.45, 2.75) is 32.2 Å². The highest BCUT2D eigenvalue weighted by Crippen LogP contribution is 2.36. The number of hydrogen-bond donors (Lipinski definition) is 1. The predicted molar refractivity (Wildman–Crippen MR) is 123 cm³/mol. The van der Waals surface area contributed by atoms with Gasteiger partial charge in [-0.3, -0.25) is 4.68 Å². The van der Waals surface area contributed by atoms with Gasteiger partial charge < -0.3 is 9.88 Å². The van der Waals surface area contributed by atoms with Gasteiger partial charge in [0.1, 0.15) is 11.5 Å². The van der Waals surface area contributed by atoms with Gasteiger partial charge in [-0.25, -0.2) is 9.37 Å². The normalized spacial score (nSPS) is 15.7. The molecule has 160 valence electrons. The van der Waals surface area contributed by atoms with Gasteiger partial charge in [-0.2, -0.15) is 5.10 Å². The summed E-state index contributed by atoms with van der Waals surface area (Å²) < 4.78 is 15.9. The van der Waals surface area contributed by atoms with Gasteiger partial charge in [0.25, 0.3) is 0 Å². The van der Waals surface area contributed by atoms with E-state index in [2.05, 4.69) is 40.0 Å². The first-order valence-corrected chi connectivity index (χ1v) is 11.1. The van der Waals surface area contributed by atoms with Crippen LogP contribution in [-0.4, -0.2) is 44.8 Å². The molecule has 0 amide bonds. The number of aromatic amines is 1. The number of aryl methyl sites for hydroxylation is 1. The lowest BCUT2D eigenvalue weighted by Crippen LogP contribution is -2.31. The van der Waals surface area contributed by atoms with Crippen molar-refractivity contribution in [2.24, 2.45) is 0 Å². The Kier molecular flexibility index (Phi) is 5.28. The number of fused-ring (bicyclic) bond motifs is 1. The largest absolute Gasteiger partial charge is 0.343 e. The molecule has 0 spiro atoms. The number of likely N-dealkylation sites (tertiary alicyclic amines) is 1. The summed E-state index contributed by atoms with van der Waals surface area (Å²) in [5.74, 6) is -0.250. The highest BCUT2D eigenvalue weighted by molar-refractivity contribution is 6.32. The Bertz CT molecular complexity index is 1240. The summed E-state index contributed by atoms with van der Waals surface area (Å²) in [6, 6.07) is 9.15. The number of benzene rings is 1. The number of piperidine rings is 1. The van der Waals surface area contributed by atoms with Crippen LogP contribution in [0, 0.1) is 5.82 Å². The minimum absolute atomic E-state index is 0.250. The maximum absolute atomic E-state index is 13.9. The van der Waals surface area contributed by atoms with Crippen molar-refractivity contribution < 1.29 is 4.39 Å². The second-order valence-electron chi connectivity index (χ2n) is 8.31. The van der Waals surface area contributed by atoms with Crippen molar-refractivity contribution in [2.75, 3.05) is 20.1 Å². The van der Waals surface area contributed by atoms with Crippen LogP contribution in [0.5, 0.6) is 0 Å². The molecule has 4 heterocycles. The van der Waals surface area contributed by atoms with E-state index in [4.69, 9.17) is 11.6 Å². The Balaban J connectivity index is 1.58. The molecule has 0 aliphatic carbocycles. The molecule has 5 nitrogen and oxygen atoms in total. The first kappa shape index (κ1) is 20.2. The molecule has 1 saturated heterocycles. The molecule has 5 rings (SSSR count). The average molecular weight is 438 g/mol. The highest BCUT2D eigenvalue weighted by atomic mass is 35.5. The third-order valence-corrected chi connectivity index (χ3v) is 6.53. The lowest BCUT2D eigenvalue weighted by molar-refractivity contribution is 0.212. The molecule has 0 saturated carbocycles. The van der Waals surface area contributed by atoms with Gasteiger partial charge in [-0.15, -0.1) is 0 Å². The fourth-order valence-electron chi connectivity index (χ4n) is 4.52. The zero-order valence-corrected chi connectivity index (χ0v) is 18.5. The smallest absolute Gasteiger partial charge is 0.158 e. The van der Waals surface area contributed by atoms with E-state index in [-0.39, 0.29) is 5.82 Å². The predicted octanol–water partition coefficient (Wildman–Crippen LogP) is 5.72. The van der Waals surface area contributed by atoms with Crippen LogP contribution < -0.4 is 0 Å². The Morgan fingerprint density at radius 1 is 1.19 bits per heavy atom. The molecule has 1 fully saturated rings. The Morgan fingerprint density at radius 3 is 2.74 bits per heavy atom. The van der Waals surface area contributed by atoms with Crippen molar-refractivity contribution in [3.05, 3.63) is 59.4 Å². The molecule has 31 heavy (non-hydrogen) atoms. The topological polar surface area (TPSA) is 49.7 Å². The summed E-state index contributed by atoms with van der Waals surface area (Å²) in [4.78, 5) is 10.4. The standard InChI is InChI=1S/C24H25ClFN5/c1-3-21-22(15-5-4-6-17(26)11-15)19-12-16(13-27-24(19)28-21)20-14-31(29-23(20)25)18-7-9-30(2)10-8-18/h4-6,11-14,18H,3,7-10H2,1-2H3,(H,27,28). The van der Waals surface area contributed by atoms with Crippen LogP contribution in [0.15, 0.2) is 42.7 Å².